The van der Waals surface area contributed by atoms with E-state index in [0.29, 0.717) is 34.2 Å². The summed E-state index contributed by atoms with van der Waals surface area (Å²) in [4.78, 5) is 19.4. The second-order valence-electron chi connectivity index (χ2n) is 7.14. The van der Waals surface area contributed by atoms with E-state index in [9.17, 15) is 13.2 Å². The Hall–Kier alpha value is -2.49. The molecule has 0 aliphatic carbocycles. The molecule has 0 saturated carbocycles. The SMILES string of the molecule is CS(=O)(=O)c1ccc2nc(N(CC3CCCO3)C(=O)COc3ccccc3)sc2c1. The summed E-state index contributed by atoms with van der Waals surface area (Å²) < 4.78 is 35.8. The smallest absolute Gasteiger partial charge is 0.266 e. The number of rotatable bonds is 7. The fraction of sp³-hybridized carbons (Fsp3) is 0.333. The van der Waals surface area contributed by atoms with Gasteiger partial charge in [-0.25, -0.2) is 13.4 Å². The molecule has 2 heterocycles. The summed E-state index contributed by atoms with van der Waals surface area (Å²) in [6.45, 7) is 0.946. The quantitative estimate of drug-likeness (QED) is 0.554. The van der Waals surface area contributed by atoms with Crippen molar-refractivity contribution < 1.29 is 22.7 Å². The van der Waals surface area contributed by atoms with Gasteiger partial charge in [0.1, 0.15) is 5.75 Å². The zero-order valence-corrected chi connectivity index (χ0v) is 18.1. The number of thiazole rings is 1. The molecule has 0 N–H and O–H groups in total. The Morgan fingerprint density at radius 3 is 2.77 bits per heavy atom. The summed E-state index contributed by atoms with van der Waals surface area (Å²) in [5.74, 6) is 0.391. The van der Waals surface area contributed by atoms with E-state index in [1.165, 1.54) is 23.7 Å². The topological polar surface area (TPSA) is 85.8 Å². The van der Waals surface area contributed by atoms with Crippen LogP contribution in [0.3, 0.4) is 0 Å². The number of benzene rings is 2. The van der Waals surface area contributed by atoms with E-state index in [2.05, 4.69) is 4.98 Å². The van der Waals surface area contributed by atoms with Crippen molar-refractivity contribution in [2.75, 3.05) is 30.9 Å². The number of carbonyl (C=O) groups is 1. The molecule has 0 spiro atoms. The van der Waals surface area contributed by atoms with Crippen LogP contribution in [-0.2, 0) is 19.4 Å². The van der Waals surface area contributed by atoms with Crippen LogP contribution in [0, 0.1) is 0 Å². The minimum absolute atomic E-state index is 0.0516. The van der Waals surface area contributed by atoms with Gasteiger partial charge >= 0.3 is 0 Å². The maximum absolute atomic E-state index is 13.0. The molecule has 9 heteroatoms. The van der Waals surface area contributed by atoms with E-state index in [1.54, 1.807) is 29.2 Å². The molecular formula is C21H22N2O5S2. The lowest BCUT2D eigenvalue weighted by Crippen LogP contribution is -2.40. The highest BCUT2D eigenvalue weighted by Gasteiger charge is 2.26. The minimum Gasteiger partial charge on any atom is -0.484 e. The Morgan fingerprint density at radius 1 is 1.27 bits per heavy atom. The fourth-order valence-corrected chi connectivity index (χ4v) is 5.01. The van der Waals surface area contributed by atoms with Gasteiger partial charge in [-0.1, -0.05) is 29.5 Å². The van der Waals surface area contributed by atoms with Gasteiger partial charge in [-0.3, -0.25) is 9.69 Å². The third kappa shape index (κ3) is 4.80. The van der Waals surface area contributed by atoms with Crippen molar-refractivity contribution in [1.29, 1.82) is 0 Å². The van der Waals surface area contributed by atoms with Crippen LogP contribution in [0.25, 0.3) is 10.2 Å². The average Bonchev–Trinajstić information content (AvgIpc) is 3.39. The van der Waals surface area contributed by atoms with Crippen LogP contribution in [0.1, 0.15) is 12.8 Å². The number of sulfone groups is 1. The molecule has 1 fully saturated rings. The maximum Gasteiger partial charge on any atom is 0.266 e. The van der Waals surface area contributed by atoms with Crippen molar-refractivity contribution >= 4 is 42.4 Å². The maximum atomic E-state index is 13.0. The first-order valence-electron chi connectivity index (χ1n) is 9.60. The number of hydrogen-bond acceptors (Lipinski definition) is 7. The molecule has 1 saturated heterocycles. The highest BCUT2D eigenvalue weighted by molar-refractivity contribution is 7.90. The van der Waals surface area contributed by atoms with E-state index >= 15 is 0 Å². The molecule has 2 aromatic carbocycles. The summed E-state index contributed by atoms with van der Waals surface area (Å²) in [6.07, 6.45) is 2.96. The third-order valence-corrected chi connectivity index (χ3v) is 6.98. The predicted molar refractivity (Wildman–Crippen MR) is 116 cm³/mol. The van der Waals surface area contributed by atoms with Crippen molar-refractivity contribution in [3.05, 3.63) is 48.5 Å². The minimum atomic E-state index is -3.32. The molecule has 158 valence electrons. The Kier molecular flexibility index (Phi) is 6.03. The molecule has 4 rings (SSSR count). The number of aromatic nitrogens is 1. The average molecular weight is 447 g/mol. The molecule has 0 radical (unpaired) electrons. The number of amides is 1. The molecule has 0 bridgehead atoms. The number of ether oxygens (including phenoxy) is 2. The molecule has 30 heavy (non-hydrogen) atoms. The summed E-state index contributed by atoms with van der Waals surface area (Å²) in [5.41, 5.74) is 0.650. The summed E-state index contributed by atoms with van der Waals surface area (Å²) in [5, 5.41) is 0.507. The molecular weight excluding hydrogens is 424 g/mol. The zero-order chi connectivity index (χ0) is 21.1. The number of fused-ring (bicyclic) bond motifs is 1. The standard InChI is InChI=1S/C21H22N2O5S2/c1-30(25,26)17-9-10-18-19(12-17)29-21(22-18)23(13-16-8-5-11-27-16)20(24)14-28-15-6-3-2-4-7-15/h2-4,6-7,9-10,12,16H,5,8,11,13-14H2,1H3. The molecule has 1 aromatic heterocycles. The van der Waals surface area contributed by atoms with Crippen LogP contribution >= 0.6 is 11.3 Å². The lowest BCUT2D eigenvalue weighted by molar-refractivity contribution is -0.120. The van der Waals surface area contributed by atoms with Gasteiger partial charge < -0.3 is 9.47 Å². The van der Waals surface area contributed by atoms with Gasteiger partial charge in [0.05, 0.1) is 27.8 Å². The lowest BCUT2D eigenvalue weighted by Gasteiger charge is -2.23. The van der Waals surface area contributed by atoms with Crippen molar-refractivity contribution in [3.63, 3.8) is 0 Å². The van der Waals surface area contributed by atoms with E-state index in [4.69, 9.17) is 9.47 Å². The molecule has 1 unspecified atom stereocenters. The second-order valence-corrected chi connectivity index (χ2v) is 10.2. The van der Waals surface area contributed by atoms with Gasteiger partial charge in [0.15, 0.2) is 21.6 Å². The van der Waals surface area contributed by atoms with Crippen LogP contribution in [0.4, 0.5) is 5.13 Å². The first kappa shape index (κ1) is 20.8. The van der Waals surface area contributed by atoms with Crippen LogP contribution in [0.15, 0.2) is 53.4 Å². The van der Waals surface area contributed by atoms with Gasteiger partial charge in [-0.05, 0) is 43.2 Å². The van der Waals surface area contributed by atoms with Crippen LogP contribution in [0.5, 0.6) is 5.75 Å². The van der Waals surface area contributed by atoms with Crippen molar-refractivity contribution in [3.8, 4) is 5.75 Å². The number of nitrogens with zero attached hydrogens (tertiary/aromatic N) is 2. The summed E-state index contributed by atoms with van der Waals surface area (Å²) in [6, 6.07) is 14.0. The normalized spacial score (nSPS) is 16.6. The predicted octanol–water partition coefficient (Wildman–Crippen LogP) is 3.29. The van der Waals surface area contributed by atoms with E-state index in [1.807, 2.05) is 18.2 Å². The molecule has 7 nitrogen and oxygen atoms in total. The molecule has 1 atom stereocenters. The van der Waals surface area contributed by atoms with E-state index < -0.39 is 9.84 Å². The Morgan fingerprint density at radius 2 is 2.07 bits per heavy atom. The molecule has 1 amide bonds. The van der Waals surface area contributed by atoms with Gasteiger partial charge in [0.2, 0.25) is 0 Å². The number of carbonyl (C=O) groups excluding carboxylic acids is 1. The van der Waals surface area contributed by atoms with Crippen molar-refractivity contribution in [2.45, 2.75) is 23.8 Å². The largest absolute Gasteiger partial charge is 0.484 e. The van der Waals surface area contributed by atoms with Gasteiger partial charge in [0.25, 0.3) is 5.91 Å². The number of anilines is 1. The Bertz CT molecular complexity index is 1140. The van der Waals surface area contributed by atoms with Gasteiger partial charge in [-0.2, -0.15) is 0 Å². The van der Waals surface area contributed by atoms with Gasteiger partial charge in [-0.15, -0.1) is 0 Å². The number of hydrogen-bond donors (Lipinski definition) is 0. The Labute approximate surface area is 179 Å². The van der Waals surface area contributed by atoms with Crippen molar-refractivity contribution in [2.24, 2.45) is 0 Å². The fourth-order valence-electron chi connectivity index (χ4n) is 3.26. The monoisotopic (exact) mass is 446 g/mol. The van der Waals surface area contributed by atoms with Gasteiger partial charge in [0, 0.05) is 12.9 Å². The highest BCUT2D eigenvalue weighted by atomic mass is 32.2. The Balaban J connectivity index is 1.60. The van der Waals surface area contributed by atoms with Crippen LogP contribution < -0.4 is 9.64 Å². The molecule has 1 aliphatic rings. The first-order chi connectivity index (χ1) is 14.4. The summed E-state index contributed by atoms with van der Waals surface area (Å²) in [7, 11) is -3.32. The van der Waals surface area contributed by atoms with E-state index in [-0.39, 0.29) is 23.5 Å². The second kappa shape index (κ2) is 8.71. The van der Waals surface area contributed by atoms with Crippen LogP contribution in [0.2, 0.25) is 0 Å². The number of para-hydroxylation sites is 1. The van der Waals surface area contributed by atoms with Crippen molar-refractivity contribution in [1.82, 2.24) is 4.98 Å². The van der Waals surface area contributed by atoms with Crippen LogP contribution in [-0.4, -0.2) is 51.4 Å². The zero-order valence-electron chi connectivity index (χ0n) is 16.5. The van der Waals surface area contributed by atoms with E-state index in [0.717, 1.165) is 12.8 Å². The molecule has 3 aromatic rings. The lowest BCUT2D eigenvalue weighted by atomic mass is 10.2. The highest BCUT2D eigenvalue weighted by Crippen LogP contribution is 2.31. The third-order valence-electron chi connectivity index (χ3n) is 4.82. The first-order valence-corrected chi connectivity index (χ1v) is 12.3. The summed E-state index contributed by atoms with van der Waals surface area (Å²) >= 11 is 1.29. The molecule has 1 aliphatic heterocycles.